The van der Waals surface area contributed by atoms with Crippen LogP contribution in [0, 0.1) is 0 Å². The highest BCUT2D eigenvalue weighted by atomic mass is 32.2. The Hall–Kier alpha value is -1.45. The highest BCUT2D eigenvalue weighted by Gasteiger charge is 2.14. The predicted octanol–water partition coefficient (Wildman–Crippen LogP) is 2.90. The van der Waals surface area contributed by atoms with Gasteiger partial charge < -0.3 is 10.6 Å². The molecule has 21 heavy (non-hydrogen) atoms. The molecule has 0 saturated heterocycles. The second-order valence-corrected chi connectivity index (χ2v) is 7.83. The molecule has 3 aromatic heterocycles. The minimum Gasteiger partial charge on any atom is -0.368 e. The predicted molar refractivity (Wildman–Crippen MR) is 89.6 cm³/mol. The number of nitrogens with zero attached hydrogens (tertiary/aromatic N) is 5. The molecule has 2 N–H and O–H groups in total. The van der Waals surface area contributed by atoms with E-state index < -0.39 is 0 Å². The maximum Gasteiger partial charge on any atom is 0.222 e. The molecule has 3 heterocycles. The molecule has 0 aliphatic carbocycles. The second kappa shape index (κ2) is 5.74. The standard InChI is InChI=1S/C12H14N6S3/c1-4-6-5-7-8(19-6)14-10(13)15-9(7)20-12-17-16-11(21-12)18(2)3/h5H,4H2,1-3H3,(H2,13,14,15). The van der Waals surface area contributed by atoms with Crippen molar-refractivity contribution in [3.63, 3.8) is 0 Å². The van der Waals surface area contributed by atoms with Gasteiger partial charge in [0.25, 0.3) is 0 Å². The van der Waals surface area contributed by atoms with E-state index in [2.05, 4.69) is 33.2 Å². The van der Waals surface area contributed by atoms with E-state index in [1.807, 2.05) is 19.0 Å². The summed E-state index contributed by atoms with van der Waals surface area (Å²) in [5.41, 5.74) is 5.81. The third-order valence-corrected chi connectivity index (χ3v) is 6.06. The van der Waals surface area contributed by atoms with E-state index in [0.717, 1.165) is 31.1 Å². The third-order valence-electron chi connectivity index (χ3n) is 2.74. The first-order valence-corrected chi connectivity index (χ1v) is 8.76. The molecule has 0 saturated carbocycles. The number of nitrogen functional groups attached to an aromatic ring is 1. The lowest BCUT2D eigenvalue weighted by Crippen LogP contribution is -2.07. The Morgan fingerprint density at radius 2 is 2.05 bits per heavy atom. The Balaban J connectivity index is 2.00. The highest BCUT2D eigenvalue weighted by molar-refractivity contribution is 8.01. The summed E-state index contributed by atoms with van der Waals surface area (Å²) in [6.45, 7) is 2.13. The molecule has 0 aliphatic heterocycles. The molecule has 9 heteroatoms. The van der Waals surface area contributed by atoms with Gasteiger partial charge in [-0.25, -0.2) is 9.97 Å². The summed E-state index contributed by atoms with van der Waals surface area (Å²) in [6, 6.07) is 2.13. The van der Waals surface area contributed by atoms with Crippen LogP contribution in [0.4, 0.5) is 11.1 Å². The van der Waals surface area contributed by atoms with Gasteiger partial charge in [0.15, 0.2) is 4.34 Å². The van der Waals surface area contributed by atoms with Crippen molar-refractivity contribution in [1.29, 1.82) is 0 Å². The van der Waals surface area contributed by atoms with Gasteiger partial charge in [-0.15, -0.1) is 21.5 Å². The maximum atomic E-state index is 5.81. The van der Waals surface area contributed by atoms with E-state index in [1.54, 1.807) is 11.3 Å². The Morgan fingerprint density at radius 1 is 1.24 bits per heavy atom. The maximum absolute atomic E-state index is 5.81. The Labute approximate surface area is 134 Å². The molecule has 6 nitrogen and oxygen atoms in total. The number of rotatable bonds is 4. The topological polar surface area (TPSA) is 80.8 Å². The number of nitrogens with two attached hydrogens (primary N) is 1. The van der Waals surface area contributed by atoms with Crippen molar-refractivity contribution in [3.8, 4) is 0 Å². The van der Waals surface area contributed by atoms with Crippen molar-refractivity contribution in [2.45, 2.75) is 22.7 Å². The van der Waals surface area contributed by atoms with Gasteiger partial charge in [0.05, 0.1) is 0 Å². The van der Waals surface area contributed by atoms with Crippen molar-refractivity contribution in [2.75, 3.05) is 24.7 Å². The quantitative estimate of drug-likeness (QED) is 0.732. The molecule has 3 aromatic rings. The van der Waals surface area contributed by atoms with Gasteiger partial charge in [0.1, 0.15) is 9.86 Å². The van der Waals surface area contributed by atoms with Crippen LogP contribution < -0.4 is 10.6 Å². The number of hydrogen-bond donors (Lipinski definition) is 1. The average molecular weight is 338 g/mol. The van der Waals surface area contributed by atoms with Crippen LogP contribution in [0.2, 0.25) is 0 Å². The number of aryl methyl sites for hydroxylation is 1. The number of aromatic nitrogens is 4. The second-order valence-electron chi connectivity index (χ2n) is 4.52. The lowest BCUT2D eigenvalue weighted by Gasteiger charge is -2.03. The zero-order chi connectivity index (χ0) is 15.0. The molecular weight excluding hydrogens is 324 g/mol. The van der Waals surface area contributed by atoms with Crippen LogP contribution >= 0.6 is 34.4 Å². The van der Waals surface area contributed by atoms with Crippen molar-refractivity contribution in [3.05, 3.63) is 10.9 Å². The fraction of sp³-hybridized carbons (Fsp3) is 0.333. The average Bonchev–Trinajstić information content (AvgIpc) is 3.04. The van der Waals surface area contributed by atoms with Crippen LogP contribution in [0.5, 0.6) is 0 Å². The summed E-state index contributed by atoms with van der Waals surface area (Å²) >= 11 is 4.68. The normalized spacial score (nSPS) is 11.2. The van der Waals surface area contributed by atoms with Gasteiger partial charge in [0, 0.05) is 24.4 Å². The summed E-state index contributed by atoms with van der Waals surface area (Å²) in [6.07, 6.45) is 0.981. The highest BCUT2D eigenvalue weighted by Crippen LogP contribution is 2.37. The molecule has 0 spiro atoms. The first kappa shape index (κ1) is 14.5. The van der Waals surface area contributed by atoms with Gasteiger partial charge >= 0.3 is 0 Å². The number of anilines is 2. The molecule has 0 atom stereocenters. The van der Waals surface area contributed by atoms with Crippen LogP contribution in [0.3, 0.4) is 0 Å². The summed E-state index contributed by atoms with van der Waals surface area (Å²) in [5.74, 6) is 0.298. The van der Waals surface area contributed by atoms with Gasteiger partial charge in [-0.1, -0.05) is 18.3 Å². The van der Waals surface area contributed by atoms with Crippen molar-refractivity contribution >= 4 is 55.7 Å². The molecule has 0 unspecified atom stereocenters. The molecule has 110 valence electrons. The molecular formula is C12H14N6S3. The lowest BCUT2D eigenvalue weighted by atomic mass is 10.3. The molecule has 0 amide bonds. The minimum atomic E-state index is 0.298. The van der Waals surface area contributed by atoms with Crippen LogP contribution in [-0.4, -0.2) is 34.3 Å². The summed E-state index contributed by atoms with van der Waals surface area (Å²) < 4.78 is 0.849. The molecule has 0 radical (unpaired) electrons. The van der Waals surface area contributed by atoms with E-state index in [4.69, 9.17) is 5.73 Å². The molecule has 0 aromatic carbocycles. The van der Waals surface area contributed by atoms with E-state index in [1.165, 1.54) is 28.0 Å². The Bertz CT molecular complexity index is 778. The Kier molecular flexibility index (Phi) is 3.96. The van der Waals surface area contributed by atoms with Crippen molar-refractivity contribution in [2.24, 2.45) is 0 Å². The zero-order valence-corrected chi connectivity index (χ0v) is 14.3. The van der Waals surface area contributed by atoms with Crippen LogP contribution in [0.1, 0.15) is 11.8 Å². The minimum absolute atomic E-state index is 0.298. The SMILES string of the molecule is CCc1cc2c(Sc3nnc(N(C)C)s3)nc(N)nc2s1. The Morgan fingerprint density at radius 3 is 2.71 bits per heavy atom. The molecule has 0 fully saturated rings. The third kappa shape index (κ3) is 2.94. The largest absolute Gasteiger partial charge is 0.368 e. The molecule has 0 aliphatic rings. The van der Waals surface area contributed by atoms with Gasteiger partial charge in [-0.3, -0.25) is 0 Å². The molecule has 3 rings (SSSR count). The summed E-state index contributed by atoms with van der Waals surface area (Å²) in [7, 11) is 3.89. The number of thiophene rings is 1. The van der Waals surface area contributed by atoms with E-state index in [9.17, 15) is 0 Å². The van der Waals surface area contributed by atoms with Crippen LogP contribution in [-0.2, 0) is 6.42 Å². The van der Waals surface area contributed by atoms with Gasteiger partial charge in [-0.05, 0) is 24.2 Å². The summed E-state index contributed by atoms with van der Waals surface area (Å²) in [5, 5.41) is 11.1. The monoisotopic (exact) mass is 338 g/mol. The number of hydrogen-bond acceptors (Lipinski definition) is 9. The lowest BCUT2D eigenvalue weighted by molar-refractivity contribution is 0.971. The van der Waals surface area contributed by atoms with E-state index in [-0.39, 0.29) is 0 Å². The zero-order valence-electron chi connectivity index (χ0n) is 11.8. The fourth-order valence-corrected chi connectivity index (χ4v) is 4.54. The fourth-order valence-electron chi connectivity index (χ4n) is 1.72. The van der Waals surface area contributed by atoms with Crippen molar-refractivity contribution < 1.29 is 0 Å². The summed E-state index contributed by atoms with van der Waals surface area (Å²) in [4.78, 5) is 12.8. The van der Waals surface area contributed by atoms with Gasteiger partial charge in [0.2, 0.25) is 11.1 Å². The first-order chi connectivity index (χ1) is 10.1. The molecule has 0 bridgehead atoms. The first-order valence-electron chi connectivity index (χ1n) is 6.31. The van der Waals surface area contributed by atoms with Crippen LogP contribution in [0.25, 0.3) is 10.2 Å². The van der Waals surface area contributed by atoms with Crippen LogP contribution in [0.15, 0.2) is 15.4 Å². The van der Waals surface area contributed by atoms with Crippen molar-refractivity contribution in [1.82, 2.24) is 20.2 Å². The number of fused-ring (bicyclic) bond motifs is 1. The van der Waals surface area contributed by atoms with E-state index >= 15 is 0 Å². The van der Waals surface area contributed by atoms with E-state index in [0.29, 0.717) is 5.95 Å². The van der Waals surface area contributed by atoms with Gasteiger partial charge in [-0.2, -0.15) is 0 Å². The smallest absolute Gasteiger partial charge is 0.222 e.